The third-order valence-corrected chi connectivity index (χ3v) is 3.07. The van der Waals surface area contributed by atoms with Gasteiger partial charge in [-0.15, -0.1) is 5.10 Å². The molecule has 0 unspecified atom stereocenters. The molecule has 1 aromatic heterocycles. The number of ether oxygens (including phenoxy) is 1. The van der Waals surface area contributed by atoms with Gasteiger partial charge in [0, 0.05) is 13.2 Å². The summed E-state index contributed by atoms with van der Waals surface area (Å²) in [5.74, 6) is -0.169. The predicted molar refractivity (Wildman–Crippen MR) is 52.7 cm³/mol. The number of nitrogens with zero attached hydrogens (tertiary/aromatic N) is 4. The summed E-state index contributed by atoms with van der Waals surface area (Å²) in [6.07, 6.45) is 1.00. The average Bonchev–Trinajstić information content (AvgIpc) is 2.65. The van der Waals surface area contributed by atoms with Crippen LogP contribution in [0.3, 0.4) is 0 Å². The Balaban J connectivity index is 2.20. The summed E-state index contributed by atoms with van der Waals surface area (Å²) in [4.78, 5) is 11.4. The van der Waals surface area contributed by atoms with Gasteiger partial charge in [-0.3, -0.25) is 4.79 Å². The smallest absolute Gasteiger partial charge is 0.311 e. The Bertz CT molecular complexity index is 384. The van der Waals surface area contributed by atoms with Crippen molar-refractivity contribution < 1.29 is 14.6 Å². The van der Waals surface area contributed by atoms with Gasteiger partial charge in [0.25, 0.3) is 0 Å². The van der Waals surface area contributed by atoms with Crippen LogP contribution in [0, 0.1) is 12.3 Å². The fourth-order valence-electron chi connectivity index (χ4n) is 1.88. The molecule has 0 spiro atoms. The van der Waals surface area contributed by atoms with Gasteiger partial charge in [0.2, 0.25) is 0 Å². The molecule has 1 saturated heterocycles. The molecule has 7 heteroatoms. The summed E-state index contributed by atoms with van der Waals surface area (Å²) in [6.45, 7) is 3.03. The van der Waals surface area contributed by atoms with Gasteiger partial charge in [-0.1, -0.05) is 0 Å². The number of carboxylic acid groups (broad SMARTS) is 1. The molecule has 0 aromatic carbocycles. The molecule has 2 heterocycles. The molecule has 0 bridgehead atoms. The lowest BCUT2D eigenvalue weighted by Gasteiger charge is -2.32. The Morgan fingerprint density at radius 3 is 2.75 bits per heavy atom. The third-order valence-electron chi connectivity index (χ3n) is 3.07. The number of rotatable bonds is 3. The number of carbonyl (C=O) groups is 1. The van der Waals surface area contributed by atoms with Crippen LogP contribution < -0.4 is 0 Å². The van der Waals surface area contributed by atoms with Crippen molar-refractivity contribution in [2.24, 2.45) is 5.41 Å². The van der Waals surface area contributed by atoms with E-state index in [2.05, 4.69) is 15.5 Å². The Hall–Kier alpha value is -1.50. The monoisotopic (exact) mass is 226 g/mol. The van der Waals surface area contributed by atoms with E-state index in [1.165, 1.54) is 0 Å². The highest BCUT2D eigenvalue weighted by Crippen LogP contribution is 2.32. The molecule has 1 fully saturated rings. The zero-order valence-corrected chi connectivity index (χ0v) is 9.09. The minimum Gasteiger partial charge on any atom is -0.481 e. The van der Waals surface area contributed by atoms with Gasteiger partial charge in [-0.25, -0.2) is 4.68 Å². The first-order valence-corrected chi connectivity index (χ1v) is 5.18. The summed E-state index contributed by atoms with van der Waals surface area (Å²) in [5, 5.41) is 20.4. The number of carboxylic acids is 1. The topological polar surface area (TPSA) is 90.1 Å². The summed E-state index contributed by atoms with van der Waals surface area (Å²) in [5.41, 5.74) is -0.793. The van der Waals surface area contributed by atoms with E-state index in [9.17, 15) is 9.90 Å². The van der Waals surface area contributed by atoms with Crippen molar-refractivity contribution in [2.75, 3.05) is 13.2 Å². The molecule has 0 saturated carbocycles. The van der Waals surface area contributed by atoms with Crippen molar-refractivity contribution in [1.29, 1.82) is 0 Å². The molecule has 0 amide bonds. The molecule has 1 N–H and O–H groups in total. The van der Waals surface area contributed by atoms with Crippen LogP contribution in [-0.2, 0) is 16.1 Å². The molecule has 88 valence electrons. The van der Waals surface area contributed by atoms with Crippen LogP contribution in [0.2, 0.25) is 0 Å². The molecule has 0 atom stereocenters. The highest BCUT2D eigenvalue weighted by Gasteiger charge is 2.41. The van der Waals surface area contributed by atoms with Gasteiger partial charge in [0.15, 0.2) is 0 Å². The van der Waals surface area contributed by atoms with Gasteiger partial charge in [-0.05, 0) is 30.2 Å². The molecule has 16 heavy (non-hydrogen) atoms. The van der Waals surface area contributed by atoms with E-state index in [-0.39, 0.29) is 0 Å². The molecule has 7 nitrogen and oxygen atoms in total. The van der Waals surface area contributed by atoms with E-state index >= 15 is 0 Å². The van der Waals surface area contributed by atoms with Crippen molar-refractivity contribution in [3.63, 3.8) is 0 Å². The van der Waals surface area contributed by atoms with Crippen LogP contribution in [-0.4, -0.2) is 44.5 Å². The summed E-state index contributed by atoms with van der Waals surface area (Å²) in [7, 11) is 0. The van der Waals surface area contributed by atoms with E-state index < -0.39 is 11.4 Å². The van der Waals surface area contributed by atoms with Crippen molar-refractivity contribution in [3.05, 3.63) is 5.82 Å². The fourth-order valence-corrected chi connectivity index (χ4v) is 1.88. The number of aromatic nitrogens is 4. The number of aryl methyl sites for hydroxylation is 1. The van der Waals surface area contributed by atoms with E-state index in [1.54, 1.807) is 11.6 Å². The Morgan fingerprint density at radius 2 is 2.25 bits per heavy atom. The SMILES string of the molecule is Cc1nnnn1CC1(C(=O)O)CCOCC1. The Labute approximate surface area is 92.4 Å². The first-order chi connectivity index (χ1) is 7.64. The average molecular weight is 226 g/mol. The molecule has 1 aliphatic heterocycles. The molecular formula is C9H14N4O3. The number of tetrazole rings is 1. The minimum atomic E-state index is -0.800. The predicted octanol–water partition coefficient (Wildman–Crippen LogP) is -0.137. The van der Waals surface area contributed by atoms with Gasteiger partial charge in [-0.2, -0.15) is 0 Å². The molecular weight excluding hydrogens is 212 g/mol. The second kappa shape index (κ2) is 4.17. The standard InChI is InChI=1S/C9H14N4O3/c1-7-10-11-12-13(7)6-9(8(14)15)2-4-16-5-3-9/h2-6H2,1H3,(H,14,15). The second-order valence-electron chi connectivity index (χ2n) is 4.08. The maximum absolute atomic E-state index is 11.4. The Kier molecular flexibility index (Phi) is 2.86. The minimum absolute atomic E-state index is 0.310. The lowest BCUT2D eigenvalue weighted by Crippen LogP contribution is -2.41. The fraction of sp³-hybridized carbons (Fsp3) is 0.778. The number of aliphatic carboxylic acids is 1. The lowest BCUT2D eigenvalue weighted by molar-refractivity contribution is -0.156. The maximum atomic E-state index is 11.4. The lowest BCUT2D eigenvalue weighted by atomic mass is 9.80. The van der Waals surface area contributed by atoms with Crippen LogP contribution in [0.5, 0.6) is 0 Å². The van der Waals surface area contributed by atoms with Crippen LogP contribution in [0.4, 0.5) is 0 Å². The summed E-state index contributed by atoms with van der Waals surface area (Å²) >= 11 is 0. The van der Waals surface area contributed by atoms with Crippen molar-refractivity contribution >= 4 is 5.97 Å². The largest absolute Gasteiger partial charge is 0.481 e. The number of hydrogen-bond acceptors (Lipinski definition) is 5. The molecule has 2 rings (SSSR count). The Morgan fingerprint density at radius 1 is 1.56 bits per heavy atom. The molecule has 1 aromatic rings. The van der Waals surface area contributed by atoms with Crippen LogP contribution in [0.1, 0.15) is 18.7 Å². The summed E-state index contributed by atoms with van der Waals surface area (Å²) in [6, 6.07) is 0. The van der Waals surface area contributed by atoms with Crippen molar-refractivity contribution in [3.8, 4) is 0 Å². The van der Waals surface area contributed by atoms with Crippen molar-refractivity contribution in [1.82, 2.24) is 20.2 Å². The van der Waals surface area contributed by atoms with Crippen LogP contribution in [0.15, 0.2) is 0 Å². The zero-order chi connectivity index (χ0) is 11.6. The van der Waals surface area contributed by atoms with Crippen molar-refractivity contribution in [2.45, 2.75) is 26.3 Å². The summed E-state index contributed by atoms with van der Waals surface area (Å²) < 4.78 is 6.74. The van der Waals surface area contributed by atoms with E-state index in [0.717, 1.165) is 0 Å². The quantitative estimate of drug-likeness (QED) is 0.771. The van der Waals surface area contributed by atoms with E-state index in [1.807, 2.05) is 0 Å². The van der Waals surface area contributed by atoms with Crippen LogP contribution >= 0.6 is 0 Å². The molecule has 1 aliphatic rings. The van der Waals surface area contributed by atoms with Gasteiger partial charge < -0.3 is 9.84 Å². The van der Waals surface area contributed by atoms with Gasteiger partial charge in [0.05, 0.1) is 12.0 Å². The highest BCUT2D eigenvalue weighted by molar-refractivity contribution is 5.74. The maximum Gasteiger partial charge on any atom is 0.311 e. The number of hydrogen-bond donors (Lipinski definition) is 1. The van der Waals surface area contributed by atoms with E-state index in [4.69, 9.17) is 4.74 Å². The first kappa shape index (κ1) is 11.0. The third kappa shape index (κ3) is 1.90. The van der Waals surface area contributed by atoms with E-state index in [0.29, 0.717) is 38.4 Å². The zero-order valence-electron chi connectivity index (χ0n) is 9.09. The first-order valence-electron chi connectivity index (χ1n) is 5.18. The second-order valence-corrected chi connectivity index (χ2v) is 4.08. The van der Waals surface area contributed by atoms with Gasteiger partial charge in [0.1, 0.15) is 5.82 Å². The van der Waals surface area contributed by atoms with Gasteiger partial charge >= 0.3 is 5.97 Å². The molecule has 0 aliphatic carbocycles. The van der Waals surface area contributed by atoms with Crippen LogP contribution in [0.25, 0.3) is 0 Å². The molecule has 0 radical (unpaired) electrons. The highest BCUT2D eigenvalue weighted by atomic mass is 16.5. The normalized spacial score (nSPS) is 19.6.